The van der Waals surface area contributed by atoms with Crippen LogP contribution in [-0.4, -0.2) is 43.3 Å². The van der Waals surface area contributed by atoms with Gasteiger partial charge in [-0.05, 0) is 49.7 Å². The van der Waals surface area contributed by atoms with Gasteiger partial charge in [-0.25, -0.2) is 0 Å². The van der Waals surface area contributed by atoms with E-state index in [9.17, 15) is 18.0 Å². The average Bonchev–Trinajstić information content (AvgIpc) is 3.15. The number of anilines is 2. The van der Waals surface area contributed by atoms with Gasteiger partial charge in [-0.15, -0.1) is 0 Å². The summed E-state index contributed by atoms with van der Waals surface area (Å²) >= 11 is 0. The molecule has 4 rings (SSSR count). The van der Waals surface area contributed by atoms with Crippen LogP contribution in [0, 0.1) is 13.8 Å². The van der Waals surface area contributed by atoms with E-state index in [2.05, 4.69) is 15.7 Å². The van der Waals surface area contributed by atoms with Crippen molar-refractivity contribution in [2.24, 2.45) is 14.1 Å². The van der Waals surface area contributed by atoms with Crippen molar-refractivity contribution in [3.8, 4) is 16.9 Å². The number of nitrogens with zero attached hydrogens (tertiary/aromatic N) is 4. The van der Waals surface area contributed by atoms with Gasteiger partial charge in [-0.3, -0.25) is 18.8 Å². The highest BCUT2D eigenvalue weighted by Gasteiger charge is 2.31. The molecule has 8 nitrogen and oxygen atoms in total. The largest absolute Gasteiger partial charge is 0.416 e. The van der Waals surface area contributed by atoms with Crippen molar-refractivity contribution in [3.63, 3.8) is 0 Å². The summed E-state index contributed by atoms with van der Waals surface area (Å²) < 4.78 is 45.4. The van der Waals surface area contributed by atoms with Crippen LogP contribution in [0.1, 0.15) is 27.2 Å². The first kappa shape index (κ1) is 25.1. The van der Waals surface area contributed by atoms with Crippen LogP contribution in [0.3, 0.4) is 0 Å². The van der Waals surface area contributed by atoms with Gasteiger partial charge >= 0.3 is 6.18 Å². The van der Waals surface area contributed by atoms with Crippen molar-refractivity contribution < 1.29 is 23.1 Å². The molecule has 2 aromatic carbocycles. The fraction of sp³-hybridized carbons (Fsp3) is 0.280. The van der Waals surface area contributed by atoms with Gasteiger partial charge < -0.3 is 15.7 Å². The molecule has 0 unspecified atom stereocenters. The van der Waals surface area contributed by atoms with Gasteiger partial charge in [-0.1, -0.05) is 6.07 Å². The molecule has 4 aromatic rings. The Bertz CT molecular complexity index is 1410. The standard InChI is InChI=1S/C25H27F3N6O2/c1-15-5-6-17(11-22(15)34-14-23(33(34)4)19-13-30-32(3)16(19)2)24(36)31-21-12-18(25(26,27)28)7-8-20(21)29-9-10-35/h5-8,11-14,29,35H,9-10H2,1-4H3,(H,31,36). The zero-order valence-electron chi connectivity index (χ0n) is 20.3. The molecule has 190 valence electrons. The number of halogens is 3. The first-order valence-corrected chi connectivity index (χ1v) is 11.2. The third kappa shape index (κ3) is 4.74. The second kappa shape index (κ2) is 9.57. The predicted octanol–water partition coefficient (Wildman–Crippen LogP) is 4.51. The summed E-state index contributed by atoms with van der Waals surface area (Å²) in [7, 11) is 3.77. The third-order valence-electron chi connectivity index (χ3n) is 6.17. The Labute approximate surface area is 205 Å². The van der Waals surface area contributed by atoms with Gasteiger partial charge in [0.05, 0.1) is 47.3 Å². The van der Waals surface area contributed by atoms with Crippen LogP contribution in [0.4, 0.5) is 24.5 Å². The highest BCUT2D eigenvalue weighted by atomic mass is 19.4. The smallest absolute Gasteiger partial charge is 0.395 e. The minimum absolute atomic E-state index is 0.0271. The number of benzene rings is 2. The average molecular weight is 501 g/mol. The second-order valence-electron chi connectivity index (χ2n) is 8.51. The molecule has 0 aliphatic heterocycles. The van der Waals surface area contributed by atoms with Crippen LogP contribution in [-0.2, 0) is 20.3 Å². The summed E-state index contributed by atoms with van der Waals surface area (Å²) in [5, 5.41) is 18.8. The van der Waals surface area contributed by atoms with Crippen molar-refractivity contribution in [3.05, 3.63) is 71.2 Å². The van der Waals surface area contributed by atoms with Crippen LogP contribution in [0.5, 0.6) is 0 Å². The zero-order valence-corrected chi connectivity index (χ0v) is 20.3. The van der Waals surface area contributed by atoms with Crippen LogP contribution >= 0.6 is 0 Å². The maximum Gasteiger partial charge on any atom is 0.416 e. The minimum Gasteiger partial charge on any atom is -0.395 e. The summed E-state index contributed by atoms with van der Waals surface area (Å²) in [5.41, 5.74) is 4.31. The summed E-state index contributed by atoms with van der Waals surface area (Å²) in [6.07, 6.45) is -0.828. The lowest BCUT2D eigenvalue weighted by molar-refractivity contribution is -0.137. The summed E-state index contributed by atoms with van der Waals surface area (Å²) in [5.74, 6) is -0.557. The first-order chi connectivity index (χ1) is 17.0. The molecule has 1 amide bonds. The number of aromatic nitrogens is 4. The maximum absolute atomic E-state index is 13.3. The molecule has 0 aliphatic rings. The minimum atomic E-state index is -4.56. The van der Waals surface area contributed by atoms with E-state index >= 15 is 0 Å². The lowest BCUT2D eigenvalue weighted by Crippen LogP contribution is -2.21. The van der Waals surface area contributed by atoms with Gasteiger partial charge in [0.2, 0.25) is 0 Å². The molecule has 2 aromatic heterocycles. The number of hydrogen-bond donors (Lipinski definition) is 3. The number of aryl methyl sites for hydroxylation is 2. The number of alkyl halides is 3. The van der Waals surface area contributed by atoms with Crippen molar-refractivity contribution >= 4 is 17.3 Å². The second-order valence-corrected chi connectivity index (χ2v) is 8.51. The summed E-state index contributed by atoms with van der Waals surface area (Å²) in [4.78, 5) is 13.1. The van der Waals surface area contributed by atoms with E-state index < -0.39 is 17.6 Å². The summed E-state index contributed by atoms with van der Waals surface area (Å²) in [6, 6.07) is 8.14. The highest BCUT2D eigenvalue weighted by Crippen LogP contribution is 2.34. The molecular weight excluding hydrogens is 473 g/mol. The third-order valence-corrected chi connectivity index (χ3v) is 6.17. The zero-order chi connectivity index (χ0) is 26.2. The number of hydrogen-bond acceptors (Lipinski definition) is 4. The van der Waals surface area contributed by atoms with Crippen molar-refractivity contribution in [2.75, 3.05) is 23.8 Å². The molecule has 0 saturated heterocycles. The number of rotatable bonds is 7. The topological polar surface area (TPSA) is 89.0 Å². The molecule has 2 heterocycles. The monoisotopic (exact) mass is 500 g/mol. The lowest BCUT2D eigenvalue weighted by Gasteiger charge is -2.25. The van der Waals surface area contributed by atoms with E-state index in [4.69, 9.17) is 5.11 Å². The molecule has 0 bridgehead atoms. The van der Waals surface area contributed by atoms with Crippen molar-refractivity contribution in [1.29, 1.82) is 0 Å². The predicted molar refractivity (Wildman–Crippen MR) is 131 cm³/mol. The Balaban J connectivity index is 1.64. The van der Waals surface area contributed by atoms with Gasteiger partial charge in [-0.2, -0.15) is 18.3 Å². The Hall–Kier alpha value is -3.99. The van der Waals surface area contributed by atoms with E-state index in [1.54, 1.807) is 29.1 Å². The number of carbonyl (C=O) groups is 1. The molecule has 0 aliphatic carbocycles. The number of aliphatic hydroxyl groups is 1. The quantitative estimate of drug-likeness (QED) is 0.349. The van der Waals surface area contributed by atoms with Gasteiger partial charge in [0.25, 0.3) is 5.91 Å². The molecular formula is C25H27F3N6O2. The van der Waals surface area contributed by atoms with E-state index in [1.165, 1.54) is 6.07 Å². The van der Waals surface area contributed by atoms with Gasteiger partial charge in [0, 0.05) is 37.5 Å². The van der Waals surface area contributed by atoms with Gasteiger partial charge in [0.15, 0.2) is 0 Å². The number of nitrogens with one attached hydrogen (secondary N) is 2. The molecule has 0 saturated carbocycles. The number of carbonyl (C=O) groups excluding carboxylic acids is 1. The Morgan fingerprint density at radius 3 is 2.44 bits per heavy atom. The number of aliphatic hydroxyl groups excluding tert-OH is 1. The molecule has 0 fully saturated rings. The van der Waals surface area contributed by atoms with Crippen molar-refractivity contribution in [2.45, 2.75) is 20.0 Å². The van der Waals surface area contributed by atoms with Crippen LogP contribution in [0.25, 0.3) is 16.9 Å². The molecule has 3 N–H and O–H groups in total. The van der Waals surface area contributed by atoms with E-state index in [0.29, 0.717) is 0 Å². The fourth-order valence-electron chi connectivity index (χ4n) is 3.93. The van der Waals surface area contributed by atoms with Crippen LogP contribution in [0.2, 0.25) is 0 Å². The van der Waals surface area contributed by atoms with Crippen LogP contribution < -0.4 is 10.6 Å². The Morgan fingerprint density at radius 1 is 1.08 bits per heavy atom. The normalized spacial score (nSPS) is 11.7. The molecule has 0 radical (unpaired) electrons. The Kier molecular flexibility index (Phi) is 6.68. The first-order valence-electron chi connectivity index (χ1n) is 11.2. The van der Waals surface area contributed by atoms with Crippen LogP contribution in [0.15, 0.2) is 48.8 Å². The summed E-state index contributed by atoms with van der Waals surface area (Å²) in [6.45, 7) is 3.80. The highest BCUT2D eigenvalue weighted by molar-refractivity contribution is 6.06. The van der Waals surface area contributed by atoms with Crippen molar-refractivity contribution in [1.82, 2.24) is 19.1 Å². The van der Waals surface area contributed by atoms with E-state index in [0.717, 1.165) is 40.3 Å². The fourth-order valence-corrected chi connectivity index (χ4v) is 3.93. The van der Waals surface area contributed by atoms with E-state index in [-0.39, 0.29) is 30.1 Å². The molecule has 0 atom stereocenters. The molecule has 36 heavy (non-hydrogen) atoms. The van der Waals surface area contributed by atoms with Gasteiger partial charge in [0.1, 0.15) is 0 Å². The molecule has 0 spiro atoms. The SMILES string of the molecule is Cc1ccc(C(=O)Nc2cc(C(F)(F)F)ccc2NCCO)cc1-n1cc(-c2cnn(C)c2C)n1C. The Morgan fingerprint density at radius 2 is 1.83 bits per heavy atom. The number of amides is 1. The van der Waals surface area contributed by atoms with E-state index in [1.807, 2.05) is 43.5 Å². The lowest BCUT2D eigenvalue weighted by atomic mass is 10.1. The molecule has 11 heteroatoms. The maximum atomic E-state index is 13.3.